The highest BCUT2D eigenvalue weighted by molar-refractivity contribution is 5.58. The maximum atomic E-state index is 5.75. The molecule has 0 aromatic heterocycles. The zero-order valence-corrected chi connectivity index (χ0v) is 11.6. The van der Waals surface area contributed by atoms with E-state index < -0.39 is 0 Å². The second-order valence-corrected chi connectivity index (χ2v) is 5.34. The lowest BCUT2D eigenvalue weighted by Crippen LogP contribution is -2.37. The molecule has 1 unspecified atom stereocenters. The van der Waals surface area contributed by atoms with Gasteiger partial charge in [-0.25, -0.2) is 0 Å². The molecule has 1 aromatic rings. The zero-order valence-electron chi connectivity index (χ0n) is 11.6. The molecule has 1 aliphatic rings. The number of hydrogen-bond donors (Lipinski definition) is 1. The molecule has 0 saturated carbocycles. The monoisotopic (exact) mass is 248 g/mol. The number of anilines is 1. The van der Waals surface area contributed by atoms with Crippen LogP contribution in [-0.2, 0) is 6.42 Å². The Kier molecular flexibility index (Phi) is 4.12. The van der Waals surface area contributed by atoms with Crippen molar-refractivity contribution in [2.75, 3.05) is 18.5 Å². The molecular weight excluding hydrogens is 224 g/mol. The van der Waals surface area contributed by atoms with Gasteiger partial charge in [0.1, 0.15) is 5.75 Å². The molecule has 1 heterocycles. The van der Waals surface area contributed by atoms with E-state index in [1.165, 1.54) is 17.7 Å². The molecule has 0 fully saturated rings. The molecule has 1 aliphatic heterocycles. The first-order valence-corrected chi connectivity index (χ1v) is 6.84. The van der Waals surface area contributed by atoms with E-state index in [0.29, 0.717) is 6.04 Å². The van der Waals surface area contributed by atoms with Crippen molar-refractivity contribution < 1.29 is 4.74 Å². The number of ether oxygens (including phenoxy) is 1. The van der Waals surface area contributed by atoms with Crippen molar-refractivity contribution in [1.29, 1.82) is 0 Å². The normalized spacial score (nSPS) is 18.9. The molecule has 3 nitrogen and oxygen atoms in total. The Morgan fingerprint density at radius 1 is 1.44 bits per heavy atom. The highest BCUT2D eigenvalue weighted by Gasteiger charge is 2.22. The summed E-state index contributed by atoms with van der Waals surface area (Å²) in [5, 5.41) is 0. The van der Waals surface area contributed by atoms with Gasteiger partial charge in [-0.2, -0.15) is 0 Å². The third-order valence-electron chi connectivity index (χ3n) is 3.60. The Morgan fingerprint density at radius 3 is 2.89 bits per heavy atom. The quantitative estimate of drug-likeness (QED) is 0.890. The van der Waals surface area contributed by atoms with Gasteiger partial charge >= 0.3 is 0 Å². The molecule has 0 amide bonds. The van der Waals surface area contributed by atoms with Gasteiger partial charge in [-0.15, -0.1) is 0 Å². The molecule has 100 valence electrons. The average molecular weight is 248 g/mol. The molecular formula is C15H24N2O. The number of nitrogens with zero attached hydrogens (tertiary/aromatic N) is 1. The largest absolute Gasteiger partial charge is 0.491 e. The van der Waals surface area contributed by atoms with Crippen molar-refractivity contribution in [2.45, 2.75) is 45.3 Å². The zero-order chi connectivity index (χ0) is 13.1. The van der Waals surface area contributed by atoms with Crippen LogP contribution in [0.15, 0.2) is 18.2 Å². The molecule has 3 heteroatoms. The summed E-state index contributed by atoms with van der Waals surface area (Å²) in [6.45, 7) is 4.88. The minimum absolute atomic E-state index is 0.231. The van der Waals surface area contributed by atoms with E-state index in [-0.39, 0.29) is 6.10 Å². The van der Waals surface area contributed by atoms with E-state index in [0.717, 1.165) is 25.1 Å². The van der Waals surface area contributed by atoms with Crippen LogP contribution in [0.3, 0.4) is 0 Å². The van der Waals surface area contributed by atoms with Crippen LogP contribution in [0.1, 0.15) is 32.3 Å². The van der Waals surface area contributed by atoms with Crippen molar-refractivity contribution in [1.82, 2.24) is 0 Å². The minimum atomic E-state index is 0.231. The molecule has 18 heavy (non-hydrogen) atoms. The molecule has 2 N–H and O–H groups in total. The SMILES string of the molecule is CC(C)Oc1ccc2c(c1)CCC(CCN)N2C. The number of hydrogen-bond acceptors (Lipinski definition) is 3. The fourth-order valence-corrected chi connectivity index (χ4v) is 2.69. The highest BCUT2D eigenvalue weighted by Crippen LogP contribution is 2.33. The molecule has 0 bridgehead atoms. The summed E-state index contributed by atoms with van der Waals surface area (Å²) >= 11 is 0. The van der Waals surface area contributed by atoms with E-state index in [4.69, 9.17) is 10.5 Å². The van der Waals surface area contributed by atoms with Crippen LogP contribution >= 0.6 is 0 Å². The first-order chi connectivity index (χ1) is 8.61. The van der Waals surface area contributed by atoms with Gasteiger partial charge in [0, 0.05) is 18.8 Å². The average Bonchev–Trinajstić information content (AvgIpc) is 2.32. The maximum Gasteiger partial charge on any atom is 0.120 e. The third-order valence-corrected chi connectivity index (χ3v) is 3.60. The van der Waals surface area contributed by atoms with Crippen LogP contribution in [0.25, 0.3) is 0 Å². The van der Waals surface area contributed by atoms with Gasteiger partial charge in [-0.05, 0) is 63.4 Å². The predicted molar refractivity (Wildman–Crippen MR) is 76.4 cm³/mol. The summed E-state index contributed by atoms with van der Waals surface area (Å²) in [6.07, 6.45) is 3.61. The summed E-state index contributed by atoms with van der Waals surface area (Å²) in [4.78, 5) is 2.37. The fraction of sp³-hybridized carbons (Fsp3) is 0.600. The Hall–Kier alpha value is -1.22. The molecule has 0 aliphatic carbocycles. The predicted octanol–water partition coefficient (Wildman–Crippen LogP) is 2.57. The molecule has 0 radical (unpaired) electrons. The highest BCUT2D eigenvalue weighted by atomic mass is 16.5. The van der Waals surface area contributed by atoms with Gasteiger partial charge in [-0.1, -0.05) is 0 Å². The van der Waals surface area contributed by atoms with Crippen LogP contribution in [0.2, 0.25) is 0 Å². The lowest BCUT2D eigenvalue weighted by Gasteiger charge is -2.36. The third kappa shape index (κ3) is 2.78. The summed E-state index contributed by atoms with van der Waals surface area (Å²) < 4.78 is 5.75. The summed E-state index contributed by atoms with van der Waals surface area (Å²) in [5.41, 5.74) is 8.40. The van der Waals surface area contributed by atoms with E-state index in [9.17, 15) is 0 Å². The summed E-state index contributed by atoms with van der Waals surface area (Å²) in [7, 11) is 2.17. The Balaban J connectivity index is 2.18. The number of fused-ring (bicyclic) bond motifs is 1. The van der Waals surface area contributed by atoms with Crippen molar-refractivity contribution >= 4 is 5.69 Å². The van der Waals surface area contributed by atoms with Crippen molar-refractivity contribution in [3.63, 3.8) is 0 Å². The van der Waals surface area contributed by atoms with E-state index >= 15 is 0 Å². The number of rotatable bonds is 4. The topological polar surface area (TPSA) is 38.5 Å². The summed E-state index contributed by atoms with van der Waals surface area (Å²) in [5.74, 6) is 0.981. The lowest BCUT2D eigenvalue weighted by molar-refractivity contribution is 0.242. The molecule has 0 saturated heterocycles. The standard InChI is InChI=1S/C15H24N2O/c1-11(2)18-14-6-7-15-12(10-14)4-5-13(8-9-16)17(15)3/h6-7,10-11,13H,4-5,8-9,16H2,1-3H3. The van der Waals surface area contributed by atoms with Crippen LogP contribution < -0.4 is 15.4 Å². The number of nitrogens with two attached hydrogens (primary N) is 1. The first kappa shape index (κ1) is 13.2. The van der Waals surface area contributed by atoms with Gasteiger partial charge in [-0.3, -0.25) is 0 Å². The second kappa shape index (κ2) is 5.61. The Morgan fingerprint density at radius 2 is 2.22 bits per heavy atom. The van der Waals surface area contributed by atoms with E-state index in [1.54, 1.807) is 0 Å². The molecule has 2 rings (SSSR count). The molecule has 1 aromatic carbocycles. The number of benzene rings is 1. The number of aryl methyl sites for hydroxylation is 1. The maximum absolute atomic E-state index is 5.75. The van der Waals surface area contributed by atoms with Crippen LogP contribution in [0.4, 0.5) is 5.69 Å². The van der Waals surface area contributed by atoms with Gasteiger partial charge in [0.05, 0.1) is 6.10 Å². The summed E-state index contributed by atoms with van der Waals surface area (Å²) in [6, 6.07) is 7.01. The van der Waals surface area contributed by atoms with Gasteiger partial charge in [0.15, 0.2) is 0 Å². The molecule has 0 spiro atoms. The van der Waals surface area contributed by atoms with Crippen molar-refractivity contribution in [3.05, 3.63) is 23.8 Å². The lowest BCUT2D eigenvalue weighted by atomic mass is 9.94. The Bertz CT molecular complexity index is 403. The van der Waals surface area contributed by atoms with Crippen molar-refractivity contribution in [2.24, 2.45) is 5.73 Å². The Labute approximate surface area is 110 Å². The van der Waals surface area contributed by atoms with Gasteiger partial charge < -0.3 is 15.4 Å². The van der Waals surface area contributed by atoms with Gasteiger partial charge in [0.2, 0.25) is 0 Å². The van der Waals surface area contributed by atoms with E-state index in [2.05, 4.69) is 44.0 Å². The van der Waals surface area contributed by atoms with Crippen LogP contribution in [0, 0.1) is 0 Å². The smallest absolute Gasteiger partial charge is 0.120 e. The minimum Gasteiger partial charge on any atom is -0.491 e. The van der Waals surface area contributed by atoms with E-state index in [1.807, 2.05) is 0 Å². The second-order valence-electron chi connectivity index (χ2n) is 5.34. The van der Waals surface area contributed by atoms with Crippen LogP contribution in [0.5, 0.6) is 5.75 Å². The van der Waals surface area contributed by atoms with Crippen molar-refractivity contribution in [3.8, 4) is 5.75 Å². The van der Waals surface area contributed by atoms with Crippen LogP contribution in [-0.4, -0.2) is 25.7 Å². The fourth-order valence-electron chi connectivity index (χ4n) is 2.69. The first-order valence-electron chi connectivity index (χ1n) is 6.84. The van der Waals surface area contributed by atoms with Gasteiger partial charge in [0.25, 0.3) is 0 Å². The molecule has 1 atom stereocenters.